The van der Waals surface area contributed by atoms with Gasteiger partial charge in [-0.05, 0) is 23.3 Å². The van der Waals surface area contributed by atoms with Crippen molar-refractivity contribution in [2.24, 2.45) is 10.7 Å². The molecule has 0 saturated carbocycles. The predicted molar refractivity (Wildman–Crippen MR) is 102 cm³/mol. The molecule has 0 aliphatic rings. The Hall–Kier alpha value is -3.03. The molecule has 26 heavy (non-hydrogen) atoms. The van der Waals surface area contributed by atoms with Crippen LogP contribution >= 0.6 is 11.3 Å². The molecule has 0 bridgehead atoms. The first-order valence-corrected chi connectivity index (χ1v) is 9.05. The second-order valence-corrected chi connectivity index (χ2v) is 6.73. The van der Waals surface area contributed by atoms with Gasteiger partial charge >= 0.3 is 0 Å². The number of pyridine rings is 1. The zero-order chi connectivity index (χ0) is 17.9. The largest absolute Gasteiger partial charge is 0.345 e. The Kier molecular flexibility index (Phi) is 4.47. The minimum absolute atomic E-state index is 0.279. The van der Waals surface area contributed by atoms with Crippen LogP contribution in [0.15, 0.2) is 65.4 Å². The van der Waals surface area contributed by atoms with E-state index >= 15 is 0 Å². The number of hydrogen-bond donors (Lipinski definition) is 2. The van der Waals surface area contributed by atoms with Gasteiger partial charge < -0.3 is 15.3 Å². The number of rotatable bonds is 4. The normalized spacial score (nSPS) is 12.0. The highest BCUT2D eigenvalue weighted by molar-refractivity contribution is 7.07. The van der Waals surface area contributed by atoms with Crippen molar-refractivity contribution in [2.75, 3.05) is 0 Å². The molecular weight excluding hydrogens is 346 g/mol. The summed E-state index contributed by atoms with van der Waals surface area (Å²) in [5.74, 6) is -0.279. The van der Waals surface area contributed by atoms with Crippen LogP contribution in [-0.4, -0.2) is 20.4 Å². The first kappa shape index (κ1) is 16.4. The molecule has 6 nitrogen and oxygen atoms in total. The van der Waals surface area contributed by atoms with Gasteiger partial charge in [0.1, 0.15) is 5.65 Å². The summed E-state index contributed by atoms with van der Waals surface area (Å²) in [5, 5.41) is 2.71. The maximum absolute atomic E-state index is 12.6. The molecular formula is C19H17N5OS. The molecule has 4 rings (SSSR count). The number of thiazole rings is 1. The molecule has 0 radical (unpaired) electrons. The summed E-state index contributed by atoms with van der Waals surface area (Å²) in [4.78, 5) is 24.8. The van der Waals surface area contributed by atoms with E-state index in [1.807, 2.05) is 52.5 Å². The maximum atomic E-state index is 12.6. The molecule has 3 aromatic heterocycles. The first-order chi connectivity index (χ1) is 12.7. The summed E-state index contributed by atoms with van der Waals surface area (Å²) in [6.45, 7) is 1.18. The fourth-order valence-electron chi connectivity index (χ4n) is 2.76. The highest BCUT2D eigenvalue weighted by atomic mass is 32.1. The SMILES string of the molecule is NCc1ccc(Cn2ccs/c2=N\C(=O)c2c[nH]c3ncccc23)cc1. The van der Waals surface area contributed by atoms with Crippen LogP contribution < -0.4 is 10.5 Å². The molecule has 3 heterocycles. The third-order valence-electron chi connectivity index (χ3n) is 4.15. The number of benzene rings is 1. The number of carbonyl (C=O) groups excluding carboxylic acids is 1. The Morgan fingerprint density at radius 3 is 2.85 bits per heavy atom. The lowest BCUT2D eigenvalue weighted by Crippen LogP contribution is -2.17. The average molecular weight is 363 g/mol. The van der Waals surface area contributed by atoms with Crippen LogP contribution in [0.5, 0.6) is 0 Å². The molecule has 0 aliphatic carbocycles. The van der Waals surface area contributed by atoms with Crippen molar-refractivity contribution in [2.45, 2.75) is 13.1 Å². The second-order valence-electron chi connectivity index (χ2n) is 5.85. The summed E-state index contributed by atoms with van der Waals surface area (Å²) in [6.07, 6.45) is 5.28. The van der Waals surface area contributed by atoms with Crippen LogP contribution in [0.4, 0.5) is 0 Å². The van der Waals surface area contributed by atoms with Gasteiger partial charge in [-0.25, -0.2) is 4.98 Å². The predicted octanol–water partition coefficient (Wildman–Crippen LogP) is 2.67. The quantitative estimate of drug-likeness (QED) is 0.584. The summed E-state index contributed by atoms with van der Waals surface area (Å²) >= 11 is 1.44. The van der Waals surface area contributed by atoms with E-state index in [9.17, 15) is 4.79 Å². The number of hydrogen-bond acceptors (Lipinski definition) is 4. The van der Waals surface area contributed by atoms with Crippen LogP contribution in [-0.2, 0) is 13.1 Å². The molecule has 1 aromatic carbocycles. The van der Waals surface area contributed by atoms with Gasteiger partial charge in [-0.15, -0.1) is 11.3 Å². The van der Waals surface area contributed by atoms with Gasteiger partial charge in [-0.1, -0.05) is 24.3 Å². The number of carbonyl (C=O) groups is 1. The number of aromatic amines is 1. The van der Waals surface area contributed by atoms with Crippen molar-refractivity contribution >= 4 is 28.3 Å². The second kappa shape index (κ2) is 7.07. The van der Waals surface area contributed by atoms with Gasteiger partial charge in [0.2, 0.25) is 0 Å². The molecule has 0 aliphatic heterocycles. The van der Waals surface area contributed by atoms with Crippen molar-refractivity contribution in [1.82, 2.24) is 14.5 Å². The van der Waals surface area contributed by atoms with Crippen molar-refractivity contribution in [3.8, 4) is 0 Å². The maximum Gasteiger partial charge on any atom is 0.281 e. The van der Waals surface area contributed by atoms with E-state index in [-0.39, 0.29) is 5.91 Å². The number of nitrogens with zero attached hydrogens (tertiary/aromatic N) is 3. The van der Waals surface area contributed by atoms with E-state index in [1.165, 1.54) is 11.3 Å². The third-order valence-corrected chi connectivity index (χ3v) is 4.94. The monoisotopic (exact) mass is 363 g/mol. The number of H-pyrrole nitrogens is 1. The van der Waals surface area contributed by atoms with Gasteiger partial charge in [0.05, 0.1) is 5.56 Å². The fourth-order valence-corrected chi connectivity index (χ4v) is 3.49. The Morgan fingerprint density at radius 1 is 1.23 bits per heavy atom. The highest BCUT2D eigenvalue weighted by Gasteiger charge is 2.12. The molecule has 0 fully saturated rings. The van der Waals surface area contributed by atoms with Crippen LogP contribution in [0.25, 0.3) is 11.0 Å². The molecule has 0 atom stereocenters. The lowest BCUT2D eigenvalue weighted by molar-refractivity contribution is 0.0999. The van der Waals surface area contributed by atoms with Gasteiger partial charge in [0.25, 0.3) is 5.91 Å². The molecule has 130 valence electrons. The van der Waals surface area contributed by atoms with Gasteiger partial charge in [-0.2, -0.15) is 4.99 Å². The van der Waals surface area contributed by atoms with E-state index in [0.717, 1.165) is 16.5 Å². The van der Waals surface area contributed by atoms with E-state index in [1.54, 1.807) is 12.4 Å². The average Bonchev–Trinajstić information content (AvgIpc) is 3.29. The Bertz CT molecular complexity index is 1120. The van der Waals surface area contributed by atoms with Crippen LogP contribution in [0.3, 0.4) is 0 Å². The molecule has 7 heteroatoms. The fraction of sp³-hybridized carbons (Fsp3) is 0.105. The van der Waals surface area contributed by atoms with E-state index < -0.39 is 0 Å². The Labute approximate surface area is 153 Å². The summed E-state index contributed by atoms with van der Waals surface area (Å²) in [7, 11) is 0. The third kappa shape index (κ3) is 3.22. The molecule has 1 amide bonds. The number of nitrogens with two attached hydrogens (primary N) is 1. The molecule has 4 aromatic rings. The molecule has 3 N–H and O–H groups in total. The molecule has 0 spiro atoms. The van der Waals surface area contributed by atoms with E-state index in [4.69, 9.17) is 5.73 Å². The molecule has 0 saturated heterocycles. The Morgan fingerprint density at radius 2 is 2.04 bits per heavy atom. The minimum Gasteiger partial charge on any atom is -0.345 e. The van der Waals surface area contributed by atoms with Crippen LogP contribution in [0.1, 0.15) is 21.5 Å². The van der Waals surface area contributed by atoms with Crippen molar-refractivity contribution in [3.05, 3.63) is 81.9 Å². The topological polar surface area (TPSA) is 89.1 Å². The van der Waals surface area contributed by atoms with Crippen LogP contribution in [0, 0.1) is 0 Å². The summed E-state index contributed by atoms with van der Waals surface area (Å²) in [6, 6.07) is 11.8. The number of amides is 1. The van der Waals surface area contributed by atoms with Gasteiger partial charge in [0.15, 0.2) is 4.80 Å². The number of fused-ring (bicyclic) bond motifs is 1. The lowest BCUT2D eigenvalue weighted by Gasteiger charge is -2.04. The summed E-state index contributed by atoms with van der Waals surface area (Å²) in [5.41, 5.74) is 9.08. The number of aromatic nitrogens is 3. The minimum atomic E-state index is -0.279. The standard InChI is InChI=1S/C19H17N5OS/c20-10-13-3-5-14(6-4-13)12-24-8-9-26-19(24)23-18(25)16-11-22-17-15(16)2-1-7-21-17/h1-9,11H,10,12,20H2,(H,21,22)/b23-19-. The van der Waals surface area contributed by atoms with Crippen LogP contribution in [0.2, 0.25) is 0 Å². The zero-order valence-corrected chi connectivity index (χ0v) is 14.7. The van der Waals surface area contributed by atoms with Crippen molar-refractivity contribution in [1.29, 1.82) is 0 Å². The smallest absolute Gasteiger partial charge is 0.281 e. The Balaban J connectivity index is 1.64. The van der Waals surface area contributed by atoms with E-state index in [0.29, 0.717) is 29.1 Å². The highest BCUT2D eigenvalue weighted by Crippen LogP contribution is 2.16. The van der Waals surface area contributed by atoms with Crippen molar-refractivity contribution < 1.29 is 4.79 Å². The van der Waals surface area contributed by atoms with Crippen molar-refractivity contribution in [3.63, 3.8) is 0 Å². The van der Waals surface area contributed by atoms with Gasteiger partial charge in [-0.3, -0.25) is 4.79 Å². The first-order valence-electron chi connectivity index (χ1n) is 8.17. The summed E-state index contributed by atoms with van der Waals surface area (Å²) < 4.78 is 1.97. The van der Waals surface area contributed by atoms with E-state index in [2.05, 4.69) is 15.0 Å². The number of nitrogens with one attached hydrogen (secondary N) is 1. The van der Waals surface area contributed by atoms with Gasteiger partial charge in [0, 0.05) is 42.4 Å². The lowest BCUT2D eigenvalue weighted by atomic mass is 10.1. The molecule has 0 unspecified atom stereocenters. The zero-order valence-electron chi connectivity index (χ0n) is 13.9.